The summed E-state index contributed by atoms with van der Waals surface area (Å²) in [5.74, 6) is 1.05. The summed E-state index contributed by atoms with van der Waals surface area (Å²) < 4.78 is 5.20. The summed E-state index contributed by atoms with van der Waals surface area (Å²) in [6.45, 7) is 0. The van der Waals surface area contributed by atoms with E-state index in [4.69, 9.17) is 16.3 Å². The first kappa shape index (κ1) is 13.4. The van der Waals surface area contributed by atoms with Crippen molar-refractivity contribution in [1.29, 1.82) is 0 Å². The summed E-state index contributed by atoms with van der Waals surface area (Å²) in [6.07, 6.45) is 5.14. The number of H-pyrrole nitrogens is 1. The van der Waals surface area contributed by atoms with Gasteiger partial charge in [0, 0.05) is 17.4 Å². The summed E-state index contributed by atoms with van der Waals surface area (Å²) in [5.41, 5.74) is 2.97. The first-order chi connectivity index (χ1) is 10.3. The number of rotatable bonds is 4. The van der Waals surface area contributed by atoms with Gasteiger partial charge in [-0.25, -0.2) is 4.98 Å². The predicted octanol–water partition coefficient (Wildman–Crippen LogP) is 3.27. The molecule has 0 aliphatic carbocycles. The maximum atomic E-state index is 5.80. The topological polar surface area (TPSA) is 75.7 Å². The fraction of sp³-hybridized carbons (Fsp3) is 0.0714. The third-order valence-electron chi connectivity index (χ3n) is 2.92. The molecular weight excluding hydrogens is 290 g/mol. The predicted molar refractivity (Wildman–Crippen MR) is 80.9 cm³/mol. The Morgan fingerprint density at radius 2 is 1.95 bits per heavy atom. The average Bonchev–Trinajstić information content (AvgIpc) is 3.03. The zero-order chi connectivity index (χ0) is 14.7. The van der Waals surface area contributed by atoms with Gasteiger partial charge in [0.15, 0.2) is 11.6 Å². The molecule has 3 rings (SSSR count). The maximum Gasteiger partial charge on any atom is 0.224 e. The molecule has 6 nitrogen and oxygen atoms in total. The lowest BCUT2D eigenvalue weighted by Crippen LogP contribution is -1.99. The smallest absolute Gasteiger partial charge is 0.224 e. The second-order valence-electron chi connectivity index (χ2n) is 4.25. The molecule has 0 amide bonds. The standard InChI is InChI=1S/C14H12ClN5O/c1-21-12-8-16-14(15)20-13(12)19-11-4-2-9(3-5-11)10-6-17-18-7-10/h2-8H,1H3,(H,17,18)(H,16,19,20). The zero-order valence-electron chi connectivity index (χ0n) is 11.2. The molecule has 0 unspecified atom stereocenters. The minimum atomic E-state index is 0.160. The van der Waals surface area contributed by atoms with E-state index in [-0.39, 0.29) is 5.28 Å². The van der Waals surface area contributed by atoms with Crippen LogP contribution in [0.25, 0.3) is 11.1 Å². The SMILES string of the molecule is COc1cnc(Cl)nc1Nc1ccc(-c2cn[nH]c2)cc1. The lowest BCUT2D eigenvalue weighted by molar-refractivity contribution is 0.413. The first-order valence-corrected chi connectivity index (χ1v) is 6.57. The molecule has 21 heavy (non-hydrogen) atoms. The number of hydrogen-bond acceptors (Lipinski definition) is 5. The van der Waals surface area contributed by atoms with E-state index < -0.39 is 0 Å². The van der Waals surface area contributed by atoms with Gasteiger partial charge in [0.1, 0.15) is 0 Å². The number of methoxy groups -OCH3 is 1. The van der Waals surface area contributed by atoms with Crippen LogP contribution in [0, 0.1) is 0 Å². The number of nitrogens with one attached hydrogen (secondary N) is 2. The average molecular weight is 302 g/mol. The van der Waals surface area contributed by atoms with Crippen molar-refractivity contribution in [2.24, 2.45) is 0 Å². The van der Waals surface area contributed by atoms with Crippen molar-refractivity contribution in [3.05, 3.63) is 48.1 Å². The van der Waals surface area contributed by atoms with E-state index in [1.165, 1.54) is 6.20 Å². The summed E-state index contributed by atoms with van der Waals surface area (Å²) in [7, 11) is 1.56. The van der Waals surface area contributed by atoms with Crippen LogP contribution in [-0.2, 0) is 0 Å². The molecule has 2 heterocycles. The van der Waals surface area contributed by atoms with Crippen LogP contribution in [-0.4, -0.2) is 27.3 Å². The van der Waals surface area contributed by atoms with Crippen LogP contribution in [0.15, 0.2) is 42.9 Å². The van der Waals surface area contributed by atoms with Crippen molar-refractivity contribution in [3.63, 3.8) is 0 Å². The number of benzene rings is 1. The molecule has 3 aromatic rings. The van der Waals surface area contributed by atoms with Crippen LogP contribution >= 0.6 is 11.6 Å². The van der Waals surface area contributed by atoms with Gasteiger partial charge in [0.2, 0.25) is 5.28 Å². The van der Waals surface area contributed by atoms with E-state index in [1.54, 1.807) is 13.3 Å². The number of ether oxygens (including phenoxy) is 1. The molecule has 2 aromatic heterocycles. The number of halogens is 1. The Balaban J connectivity index is 1.84. The normalized spacial score (nSPS) is 10.4. The van der Waals surface area contributed by atoms with Crippen LogP contribution in [0.5, 0.6) is 5.75 Å². The molecule has 0 spiro atoms. The van der Waals surface area contributed by atoms with Gasteiger partial charge in [-0.1, -0.05) is 12.1 Å². The van der Waals surface area contributed by atoms with Crippen molar-refractivity contribution in [1.82, 2.24) is 20.2 Å². The largest absolute Gasteiger partial charge is 0.491 e. The number of nitrogens with zero attached hydrogens (tertiary/aromatic N) is 3. The van der Waals surface area contributed by atoms with E-state index in [2.05, 4.69) is 25.5 Å². The summed E-state index contributed by atoms with van der Waals surface area (Å²) in [5, 5.41) is 10.0. The Bertz CT molecular complexity index is 728. The second kappa shape index (κ2) is 5.80. The third kappa shape index (κ3) is 2.95. The van der Waals surface area contributed by atoms with Crippen LogP contribution < -0.4 is 10.1 Å². The minimum absolute atomic E-state index is 0.160. The lowest BCUT2D eigenvalue weighted by atomic mass is 10.1. The van der Waals surface area contributed by atoms with Gasteiger partial charge in [-0.2, -0.15) is 10.1 Å². The van der Waals surface area contributed by atoms with Crippen LogP contribution in [0.4, 0.5) is 11.5 Å². The van der Waals surface area contributed by atoms with Gasteiger partial charge in [-0.05, 0) is 29.3 Å². The molecule has 106 valence electrons. The molecular formula is C14H12ClN5O. The van der Waals surface area contributed by atoms with Crippen molar-refractivity contribution < 1.29 is 4.74 Å². The quantitative estimate of drug-likeness (QED) is 0.723. The molecule has 0 radical (unpaired) electrons. The molecule has 0 saturated heterocycles. The third-order valence-corrected chi connectivity index (χ3v) is 3.11. The molecule has 7 heteroatoms. The Morgan fingerprint density at radius 3 is 2.62 bits per heavy atom. The van der Waals surface area contributed by atoms with E-state index in [9.17, 15) is 0 Å². The van der Waals surface area contributed by atoms with Gasteiger partial charge in [-0.15, -0.1) is 0 Å². The zero-order valence-corrected chi connectivity index (χ0v) is 11.9. The fourth-order valence-electron chi connectivity index (χ4n) is 1.88. The Labute approximate surface area is 126 Å². The molecule has 1 aromatic carbocycles. The molecule has 0 aliphatic rings. The van der Waals surface area contributed by atoms with E-state index in [0.717, 1.165) is 16.8 Å². The first-order valence-electron chi connectivity index (χ1n) is 6.19. The molecule has 2 N–H and O–H groups in total. The highest BCUT2D eigenvalue weighted by Crippen LogP contribution is 2.27. The van der Waals surface area contributed by atoms with E-state index in [1.807, 2.05) is 30.5 Å². The number of aromatic nitrogens is 4. The Morgan fingerprint density at radius 1 is 1.14 bits per heavy atom. The summed E-state index contributed by atoms with van der Waals surface area (Å²) >= 11 is 5.80. The lowest BCUT2D eigenvalue weighted by Gasteiger charge is -2.10. The number of aromatic amines is 1. The summed E-state index contributed by atoms with van der Waals surface area (Å²) in [4.78, 5) is 7.99. The highest BCUT2D eigenvalue weighted by molar-refractivity contribution is 6.28. The van der Waals surface area contributed by atoms with Crippen LogP contribution in [0.1, 0.15) is 0 Å². The van der Waals surface area contributed by atoms with Gasteiger partial charge < -0.3 is 10.1 Å². The number of hydrogen-bond donors (Lipinski definition) is 2. The van der Waals surface area contributed by atoms with Crippen molar-refractivity contribution in [3.8, 4) is 16.9 Å². The van der Waals surface area contributed by atoms with Crippen molar-refractivity contribution in [2.75, 3.05) is 12.4 Å². The number of anilines is 2. The van der Waals surface area contributed by atoms with Crippen molar-refractivity contribution in [2.45, 2.75) is 0 Å². The van der Waals surface area contributed by atoms with Gasteiger partial charge in [0.05, 0.1) is 19.5 Å². The van der Waals surface area contributed by atoms with Crippen LogP contribution in [0.2, 0.25) is 5.28 Å². The van der Waals surface area contributed by atoms with Gasteiger partial charge in [-0.3, -0.25) is 5.10 Å². The van der Waals surface area contributed by atoms with Gasteiger partial charge in [0.25, 0.3) is 0 Å². The Hall–Kier alpha value is -2.60. The van der Waals surface area contributed by atoms with E-state index >= 15 is 0 Å². The maximum absolute atomic E-state index is 5.80. The molecule has 0 bridgehead atoms. The fourth-order valence-corrected chi connectivity index (χ4v) is 2.01. The van der Waals surface area contributed by atoms with E-state index in [0.29, 0.717) is 11.6 Å². The highest BCUT2D eigenvalue weighted by atomic mass is 35.5. The Kier molecular flexibility index (Phi) is 3.70. The second-order valence-corrected chi connectivity index (χ2v) is 4.58. The molecule has 0 saturated carbocycles. The molecule has 0 atom stereocenters. The minimum Gasteiger partial charge on any atom is -0.491 e. The highest BCUT2D eigenvalue weighted by Gasteiger charge is 2.07. The van der Waals surface area contributed by atoms with Gasteiger partial charge >= 0.3 is 0 Å². The molecule has 0 aliphatic heterocycles. The monoisotopic (exact) mass is 301 g/mol. The summed E-state index contributed by atoms with van der Waals surface area (Å²) in [6, 6.07) is 7.86. The van der Waals surface area contributed by atoms with Crippen molar-refractivity contribution >= 4 is 23.1 Å². The molecule has 0 fully saturated rings. The van der Waals surface area contributed by atoms with Crippen LogP contribution in [0.3, 0.4) is 0 Å².